The van der Waals surface area contributed by atoms with Gasteiger partial charge in [-0.1, -0.05) is 0 Å². The van der Waals surface area contributed by atoms with Crippen molar-refractivity contribution in [2.24, 2.45) is 0 Å². The van der Waals surface area contributed by atoms with Crippen molar-refractivity contribution in [3.05, 3.63) is 24.3 Å². The van der Waals surface area contributed by atoms with Crippen LogP contribution in [0.4, 0.5) is 5.69 Å². The van der Waals surface area contributed by atoms with E-state index in [1.807, 2.05) is 24.3 Å². The van der Waals surface area contributed by atoms with Crippen LogP contribution in [0.15, 0.2) is 24.3 Å². The van der Waals surface area contributed by atoms with Crippen LogP contribution in [-0.4, -0.2) is 51.0 Å². The highest BCUT2D eigenvalue weighted by molar-refractivity contribution is 5.91. The maximum absolute atomic E-state index is 12.0. The maximum Gasteiger partial charge on any atom is 0.226 e. The largest absolute Gasteiger partial charge is 0.491 e. The molecule has 2 aliphatic heterocycles. The molecule has 23 heavy (non-hydrogen) atoms. The Kier molecular flexibility index (Phi) is 5.85. The SMILES string of the molecule is O=C(CC1COCCN1)Nc1ccc(OCC2CCCO2)cc1. The minimum Gasteiger partial charge on any atom is -0.491 e. The molecule has 6 heteroatoms. The van der Waals surface area contributed by atoms with Crippen LogP contribution < -0.4 is 15.4 Å². The fraction of sp³-hybridized carbons (Fsp3) is 0.588. The summed E-state index contributed by atoms with van der Waals surface area (Å²) in [6.45, 7) is 3.52. The molecule has 0 saturated carbocycles. The first-order valence-corrected chi connectivity index (χ1v) is 8.25. The quantitative estimate of drug-likeness (QED) is 0.832. The summed E-state index contributed by atoms with van der Waals surface area (Å²) >= 11 is 0. The van der Waals surface area contributed by atoms with Crippen LogP contribution in [-0.2, 0) is 14.3 Å². The molecule has 2 N–H and O–H groups in total. The van der Waals surface area contributed by atoms with Crippen molar-refractivity contribution in [1.29, 1.82) is 0 Å². The van der Waals surface area contributed by atoms with Gasteiger partial charge in [-0.15, -0.1) is 0 Å². The number of benzene rings is 1. The van der Waals surface area contributed by atoms with E-state index < -0.39 is 0 Å². The number of morpholine rings is 1. The molecule has 6 nitrogen and oxygen atoms in total. The van der Waals surface area contributed by atoms with Crippen molar-refractivity contribution in [3.8, 4) is 5.75 Å². The summed E-state index contributed by atoms with van der Waals surface area (Å²) in [5, 5.41) is 6.17. The predicted octanol–water partition coefficient (Wildman–Crippen LogP) is 1.56. The van der Waals surface area contributed by atoms with Gasteiger partial charge >= 0.3 is 0 Å². The summed E-state index contributed by atoms with van der Waals surface area (Å²) < 4.78 is 16.6. The van der Waals surface area contributed by atoms with Crippen molar-refractivity contribution < 1.29 is 19.0 Å². The van der Waals surface area contributed by atoms with Crippen LogP contribution in [0.3, 0.4) is 0 Å². The smallest absolute Gasteiger partial charge is 0.226 e. The van der Waals surface area contributed by atoms with E-state index in [1.165, 1.54) is 0 Å². The van der Waals surface area contributed by atoms with Gasteiger partial charge < -0.3 is 24.8 Å². The summed E-state index contributed by atoms with van der Waals surface area (Å²) in [4.78, 5) is 12.0. The van der Waals surface area contributed by atoms with E-state index in [9.17, 15) is 4.79 Å². The van der Waals surface area contributed by atoms with E-state index >= 15 is 0 Å². The molecule has 3 rings (SSSR count). The highest BCUT2D eigenvalue weighted by Gasteiger charge is 2.17. The normalized spacial score (nSPS) is 24.3. The Hall–Kier alpha value is -1.63. The van der Waals surface area contributed by atoms with Gasteiger partial charge in [0.05, 0.1) is 19.3 Å². The zero-order valence-corrected chi connectivity index (χ0v) is 13.3. The summed E-state index contributed by atoms with van der Waals surface area (Å²) in [5.74, 6) is 0.780. The number of hydrogen-bond acceptors (Lipinski definition) is 5. The van der Waals surface area contributed by atoms with E-state index in [1.54, 1.807) is 0 Å². The van der Waals surface area contributed by atoms with Crippen LogP contribution in [0.1, 0.15) is 19.3 Å². The zero-order chi connectivity index (χ0) is 15.9. The highest BCUT2D eigenvalue weighted by Crippen LogP contribution is 2.18. The first-order valence-electron chi connectivity index (χ1n) is 8.25. The lowest BCUT2D eigenvalue weighted by atomic mass is 10.2. The number of nitrogens with one attached hydrogen (secondary N) is 2. The molecular formula is C17H24N2O4. The third-order valence-electron chi connectivity index (χ3n) is 4.03. The van der Waals surface area contributed by atoms with Crippen molar-refractivity contribution in [1.82, 2.24) is 5.32 Å². The molecule has 2 unspecified atom stereocenters. The van der Waals surface area contributed by atoms with Gasteiger partial charge in [0, 0.05) is 31.3 Å². The third-order valence-corrected chi connectivity index (χ3v) is 4.03. The van der Waals surface area contributed by atoms with Gasteiger partial charge in [-0.05, 0) is 37.1 Å². The second kappa shape index (κ2) is 8.29. The topological polar surface area (TPSA) is 68.8 Å². The number of hydrogen-bond donors (Lipinski definition) is 2. The van der Waals surface area contributed by atoms with Crippen LogP contribution in [0.2, 0.25) is 0 Å². The third kappa shape index (κ3) is 5.20. The Labute approximate surface area is 136 Å². The van der Waals surface area contributed by atoms with Crippen LogP contribution in [0.5, 0.6) is 5.75 Å². The molecule has 2 saturated heterocycles. The van der Waals surface area contributed by atoms with Crippen LogP contribution in [0, 0.1) is 0 Å². The van der Waals surface area contributed by atoms with E-state index in [-0.39, 0.29) is 18.1 Å². The van der Waals surface area contributed by atoms with E-state index in [0.29, 0.717) is 26.2 Å². The van der Waals surface area contributed by atoms with Gasteiger partial charge in [-0.25, -0.2) is 0 Å². The second-order valence-electron chi connectivity index (χ2n) is 5.95. The van der Waals surface area contributed by atoms with E-state index in [2.05, 4.69) is 10.6 Å². The lowest BCUT2D eigenvalue weighted by Gasteiger charge is -2.23. The Balaban J connectivity index is 1.42. The van der Waals surface area contributed by atoms with Crippen molar-refractivity contribution >= 4 is 11.6 Å². The molecule has 1 aromatic rings. The molecule has 2 fully saturated rings. The van der Waals surface area contributed by atoms with Crippen molar-refractivity contribution in [3.63, 3.8) is 0 Å². The standard InChI is InChI=1S/C17H24N2O4/c20-17(10-14-11-21-9-7-18-14)19-13-3-5-15(6-4-13)23-12-16-2-1-8-22-16/h3-6,14,16,18H,1-2,7-12H2,(H,19,20). The van der Waals surface area contributed by atoms with Gasteiger partial charge in [0.25, 0.3) is 0 Å². The maximum atomic E-state index is 12.0. The lowest BCUT2D eigenvalue weighted by Crippen LogP contribution is -2.43. The fourth-order valence-electron chi connectivity index (χ4n) is 2.79. The Morgan fingerprint density at radius 3 is 2.87 bits per heavy atom. The van der Waals surface area contributed by atoms with Gasteiger partial charge in [0.1, 0.15) is 12.4 Å². The Morgan fingerprint density at radius 2 is 2.17 bits per heavy atom. The number of rotatable bonds is 6. The van der Waals surface area contributed by atoms with Crippen LogP contribution >= 0.6 is 0 Å². The molecule has 1 aromatic carbocycles. The number of ether oxygens (including phenoxy) is 3. The first-order chi connectivity index (χ1) is 11.3. The molecular weight excluding hydrogens is 296 g/mol. The number of carbonyl (C=O) groups is 1. The van der Waals surface area contributed by atoms with E-state index in [0.717, 1.165) is 37.4 Å². The fourth-order valence-corrected chi connectivity index (χ4v) is 2.79. The average molecular weight is 320 g/mol. The molecule has 1 amide bonds. The van der Waals surface area contributed by atoms with Gasteiger partial charge in [0.15, 0.2) is 0 Å². The summed E-state index contributed by atoms with van der Waals surface area (Å²) in [7, 11) is 0. The minimum atomic E-state index is -0.0129. The van der Waals surface area contributed by atoms with Gasteiger partial charge in [-0.2, -0.15) is 0 Å². The minimum absolute atomic E-state index is 0.0129. The Bertz CT molecular complexity index is 494. The molecule has 0 bridgehead atoms. The molecule has 0 aliphatic carbocycles. The summed E-state index contributed by atoms with van der Waals surface area (Å²) in [6.07, 6.45) is 2.80. The highest BCUT2D eigenvalue weighted by atomic mass is 16.5. The molecule has 2 atom stereocenters. The van der Waals surface area contributed by atoms with Gasteiger partial charge in [-0.3, -0.25) is 4.79 Å². The molecule has 2 aliphatic rings. The molecule has 0 spiro atoms. The number of carbonyl (C=O) groups excluding carboxylic acids is 1. The molecule has 2 heterocycles. The van der Waals surface area contributed by atoms with Crippen molar-refractivity contribution in [2.75, 3.05) is 38.3 Å². The summed E-state index contributed by atoms with van der Waals surface area (Å²) in [6, 6.07) is 7.54. The predicted molar refractivity (Wildman–Crippen MR) is 86.8 cm³/mol. The lowest BCUT2D eigenvalue weighted by molar-refractivity contribution is -0.117. The average Bonchev–Trinajstić information content (AvgIpc) is 3.08. The molecule has 0 aromatic heterocycles. The first kappa shape index (κ1) is 16.2. The van der Waals surface area contributed by atoms with Crippen LogP contribution in [0.25, 0.3) is 0 Å². The number of anilines is 1. The second-order valence-corrected chi connectivity index (χ2v) is 5.95. The zero-order valence-electron chi connectivity index (χ0n) is 13.3. The summed E-state index contributed by atoms with van der Waals surface area (Å²) in [5.41, 5.74) is 0.774. The number of amides is 1. The monoisotopic (exact) mass is 320 g/mol. The molecule has 126 valence electrons. The van der Waals surface area contributed by atoms with Gasteiger partial charge in [0.2, 0.25) is 5.91 Å². The Morgan fingerprint density at radius 1 is 1.30 bits per heavy atom. The van der Waals surface area contributed by atoms with E-state index in [4.69, 9.17) is 14.2 Å². The molecule has 0 radical (unpaired) electrons. The van der Waals surface area contributed by atoms with Crippen molar-refractivity contribution in [2.45, 2.75) is 31.4 Å².